The minimum Gasteiger partial charge on any atom is -0.311 e. The summed E-state index contributed by atoms with van der Waals surface area (Å²) in [5.74, 6) is -0.607. The van der Waals surface area contributed by atoms with E-state index in [1.165, 1.54) is 12.1 Å². The predicted octanol–water partition coefficient (Wildman–Crippen LogP) is 1.84. The van der Waals surface area contributed by atoms with E-state index in [1.54, 1.807) is 25.1 Å². The number of nitrogens with one attached hydrogen (secondary N) is 2. The summed E-state index contributed by atoms with van der Waals surface area (Å²) < 4.78 is 39.2. The van der Waals surface area contributed by atoms with Crippen molar-refractivity contribution in [3.05, 3.63) is 54.0 Å². The topological polar surface area (TPSA) is 88.2 Å². The summed E-state index contributed by atoms with van der Waals surface area (Å²) in [4.78, 5) is 15.7. The monoisotopic (exact) mass is 337 g/mol. The molecular weight excluding hydrogens is 321 g/mol. The lowest BCUT2D eigenvalue weighted by atomic mass is 10.3. The highest BCUT2D eigenvalue weighted by Crippen LogP contribution is 2.10. The zero-order valence-electron chi connectivity index (χ0n) is 12.4. The van der Waals surface area contributed by atoms with Crippen molar-refractivity contribution in [2.24, 2.45) is 0 Å². The molecule has 0 saturated carbocycles. The molecule has 1 amide bonds. The molecule has 0 fully saturated rings. The molecule has 0 unspecified atom stereocenters. The molecule has 0 radical (unpaired) electrons. The van der Waals surface area contributed by atoms with Crippen LogP contribution in [0.3, 0.4) is 0 Å². The predicted molar refractivity (Wildman–Crippen MR) is 83.8 cm³/mol. The third-order valence-electron chi connectivity index (χ3n) is 2.91. The number of sulfonamides is 1. The number of benzene rings is 1. The zero-order chi connectivity index (χ0) is 16.9. The van der Waals surface area contributed by atoms with Crippen LogP contribution in [0.1, 0.15) is 12.1 Å². The molecule has 0 spiro atoms. The number of aryl methyl sites for hydroxylation is 1. The van der Waals surface area contributed by atoms with Crippen LogP contribution in [0.4, 0.5) is 10.2 Å². The van der Waals surface area contributed by atoms with Crippen LogP contribution in [0.2, 0.25) is 0 Å². The molecule has 23 heavy (non-hydrogen) atoms. The van der Waals surface area contributed by atoms with Crippen LogP contribution < -0.4 is 10.0 Å². The maximum Gasteiger partial charge on any atom is 0.240 e. The molecule has 0 atom stereocenters. The molecule has 2 N–H and O–H groups in total. The smallest absolute Gasteiger partial charge is 0.240 e. The number of carbonyl (C=O) groups excluding carboxylic acids is 1. The fraction of sp³-hybridized carbons (Fsp3) is 0.200. The van der Waals surface area contributed by atoms with Crippen molar-refractivity contribution in [3.63, 3.8) is 0 Å². The average molecular weight is 337 g/mol. The van der Waals surface area contributed by atoms with Crippen molar-refractivity contribution in [1.29, 1.82) is 0 Å². The van der Waals surface area contributed by atoms with Gasteiger partial charge in [0.25, 0.3) is 0 Å². The number of amides is 1. The first-order valence-electron chi connectivity index (χ1n) is 6.85. The van der Waals surface area contributed by atoms with Crippen LogP contribution in [0.5, 0.6) is 0 Å². The van der Waals surface area contributed by atoms with E-state index < -0.39 is 15.8 Å². The summed E-state index contributed by atoms with van der Waals surface area (Å²) in [7, 11) is -3.84. The molecule has 0 aliphatic carbocycles. The normalized spacial score (nSPS) is 11.2. The van der Waals surface area contributed by atoms with Crippen molar-refractivity contribution in [2.45, 2.75) is 18.2 Å². The maximum atomic E-state index is 13.1. The molecule has 1 aromatic heterocycles. The van der Waals surface area contributed by atoms with Gasteiger partial charge in [-0.1, -0.05) is 12.1 Å². The van der Waals surface area contributed by atoms with Crippen LogP contribution in [-0.2, 0) is 14.8 Å². The highest BCUT2D eigenvalue weighted by Gasteiger charge is 2.14. The molecule has 6 nitrogen and oxygen atoms in total. The summed E-state index contributed by atoms with van der Waals surface area (Å²) in [5.41, 5.74) is 0.759. The number of carbonyl (C=O) groups is 1. The Bertz CT molecular complexity index is 809. The lowest BCUT2D eigenvalue weighted by Gasteiger charge is -2.07. The summed E-state index contributed by atoms with van der Waals surface area (Å²) in [6, 6.07) is 9.84. The molecule has 0 bridgehead atoms. The molecule has 2 aromatic rings. The standard InChI is InChI=1S/C15H16FN3O3S/c1-11-4-2-7-14(18-11)19-15(20)8-9-17-23(21,22)13-6-3-5-12(16)10-13/h2-7,10,17H,8-9H2,1H3,(H,18,19,20). The van der Waals surface area contributed by atoms with Crippen molar-refractivity contribution in [3.8, 4) is 0 Å². The van der Waals surface area contributed by atoms with E-state index in [2.05, 4.69) is 15.0 Å². The Morgan fingerprint density at radius 3 is 2.65 bits per heavy atom. The second kappa shape index (κ2) is 7.30. The Morgan fingerprint density at radius 1 is 1.22 bits per heavy atom. The quantitative estimate of drug-likeness (QED) is 0.842. The van der Waals surface area contributed by atoms with E-state index in [9.17, 15) is 17.6 Å². The van der Waals surface area contributed by atoms with Crippen molar-refractivity contribution in [1.82, 2.24) is 9.71 Å². The summed E-state index contributed by atoms with van der Waals surface area (Å²) >= 11 is 0. The summed E-state index contributed by atoms with van der Waals surface area (Å²) in [6.45, 7) is 1.69. The molecule has 1 aromatic carbocycles. The van der Waals surface area contributed by atoms with Gasteiger partial charge < -0.3 is 5.32 Å². The molecule has 1 heterocycles. The summed E-state index contributed by atoms with van der Waals surface area (Å²) in [6.07, 6.45) is -0.0653. The molecule has 2 rings (SSSR count). The molecule has 0 aliphatic heterocycles. The van der Waals surface area contributed by atoms with Crippen molar-refractivity contribution in [2.75, 3.05) is 11.9 Å². The van der Waals surface area contributed by atoms with Crippen LogP contribution in [-0.4, -0.2) is 25.9 Å². The average Bonchev–Trinajstić information content (AvgIpc) is 2.47. The molecule has 122 valence electrons. The first-order valence-corrected chi connectivity index (χ1v) is 8.34. The number of hydrogen-bond donors (Lipinski definition) is 2. The Hall–Kier alpha value is -2.32. The second-order valence-corrected chi connectivity index (χ2v) is 6.58. The minimum absolute atomic E-state index is 0.0653. The van der Waals surface area contributed by atoms with Gasteiger partial charge in [0.15, 0.2) is 0 Å². The number of halogens is 1. The van der Waals surface area contributed by atoms with E-state index in [4.69, 9.17) is 0 Å². The minimum atomic E-state index is -3.84. The van der Waals surface area contributed by atoms with E-state index in [1.807, 2.05) is 0 Å². The lowest BCUT2D eigenvalue weighted by molar-refractivity contribution is -0.116. The Balaban J connectivity index is 1.88. The highest BCUT2D eigenvalue weighted by atomic mass is 32.2. The van der Waals surface area contributed by atoms with Gasteiger partial charge in [-0.3, -0.25) is 4.79 Å². The molecule has 8 heteroatoms. The highest BCUT2D eigenvalue weighted by molar-refractivity contribution is 7.89. The van der Waals surface area contributed by atoms with Crippen LogP contribution >= 0.6 is 0 Å². The van der Waals surface area contributed by atoms with Gasteiger partial charge in [0.2, 0.25) is 15.9 Å². The van der Waals surface area contributed by atoms with Gasteiger partial charge in [-0.2, -0.15) is 0 Å². The van der Waals surface area contributed by atoms with Gasteiger partial charge in [-0.05, 0) is 37.3 Å². The third kappa shape index (κ3) is 5.11. The Morgan fingerprint density at radius 2 is 1.96 bits per heavy atom. The van der Waals surface area contributed by atoms with Crippen LogP contribution in [0.15, 0.2) is 47.4 Å². The van der Waals surface area contributed by atoms with E-state index in [0.29, 0.717) is 5.82 Å². The van der Waals surface area contributed by atoms with Crippen molar-refractivity contribution < 1.29 is 17.6 Å². The largest absolute Gasteiger partial charge is 0.311 e. The van der Waals surface area contributed by atoms with Crippen LogP contribution in [0.25, 0.3) is 0 Å². The fourth-order valence-electron chi connectivity index (χ4n) is 1.83. The molecule has 0 aliphatic rings. The number of aromatic nitrogens is 1. The fourth-order valence-corrected chi connectivity index (χ4v) is 2.90. The number of anilines is 1. The van der Waals surface area contributed by atoms with Gasteiger partial charge >= 0.3 is 0 Å². The Kier molecular flexibility index (Phi) is 5.41. The molecule has 0 saturated heterocycles. The number of rotatable bonds is 6. The van der Waals surface area contributed by atoms with Gasteiger partial charge in [-0.15, -0.1) is 0 Å². The van der Waals surface area contributed by atoms with Gasteiger partial charge in [0, 0.05) is 18.7 Å². The lowest BCUT2D eigenvalue weighted by Crippen LogP contribution is -2.28. The van der Waals surface area contributed by atoms with Crippen molar-refractivity contribution >= 4 is 21.7 Å². The van der Waals surface area contributed by atoms with Gasteiger partial charge in [-0.25, -0.2) is 22.5 Å². The number of nitrogens with zero attached hydrogens (tertiary/aromatic N) is 1. The van der Waals surface area contributed by atoms with Gasteiger partial charge in [0.05, 0.1) is 4.90 Å². The Labute approximate surface area is 133 Å². The number of pyridine rings is 1. The molecular formula is C15H16FN3O3S. The zero-order valence-corrected chi connectivity index (χ0v) is 13.2. The van der Waals surface area contributed by atoms with E-state index in [0.717, 1.165) is 17.8 Å². The van der Waals surface area contributed by atoms with Crippen LogP contribution in [0, 0.1) is 12.7 Å². The summed E-state index contributed by atoms with van der Waals surface area (Å²) in [5, 5.41) is 2.57. The number of hydrogen-bond acceptors (Lipinski definition) is 4. The van der Waals surface area contributed by atoms with Gasteiger partial charge in [0.1, 0.15) is 11.6 Å². The van der Waals surface area contributed by atoms with E-state index in [-0.39, 0.29) is 23.8 Å². The maximum absolute atomic E-state index is 13.1. The first-order chi connectivity index (χ1) is 10.9. The first kappa shape index (κ1) is 17.0. The second-order valence-electron chi connectivity index (χ2n) is 4.82. The third-order valence-corrected chi connectivity index (χ3v) is 4.37. The SMILES string of the molecule is Cc1cccc(NC(=O)CCNS(=O)(=O)c2cccc(F)c2)n1. The van der Waals surface area contributed by atoms with E-state index >= 15 is 0 Å².